The maximum Gasteiger partial charge on any atom is 0.0547 e. The lowest BCUT2D eigenvalue weighted by molar-refractivity contribution is 1.18. The Kier molecular flexibility index (Phi) is 9.20. The molecule has 2 nitrogen and oxygen atoms in total. The third kappa shape index (κ3) is 6.44. The molecule has 0 aliphatic heterocycles. The number of rotatable bonds is 8. The van der Waals surface area contributed by atoms with Gasteiger partial charge in [0.25, 0.3) is 0 Å². The molecular weight excluding hydrogens is 773 g/mol. The molecule has 2 heteroatoms. The second-order valence-electron chi connectivity index (χ2n) is 16.5. The summed E-state index contributed by atoms with van der Waals surface area (Å²) in [6, 6.07) is 92.6. The van der Waals surface area contributed by atoms with Crippen LogP contribution < -0.4 is 4.90 Å². The van der Waals surface area contributed by atoms with Crippen LogP contribution in [-0.2, 0) is 0 Å². The summed E-state index contributed by atoms with van der Waals surface area (Å²) < 4.78 is 2.45. The summed E-state index contributed by atoms with van der Waals surface area (Å²) in [5, 5.41) is 7.51. The highest BCUT2D eigenvalue weighted by Gasteiger charge is 2.19. The minimum atomic E-state index is 1.08. The zero-order valence-corrected chi connectivity index (χ0v) is 35.1. The normalized spacial score (nSPS) is 11.4. The fourth-order valence-corrected chi connectivity index (χ4v) is 9.82. The topological polar surface area (TPSA) is 8.17 Å². The van der Waals surface area contributed by atoms with Crippen LogP contribution in [0.3, 0.4) is 0 Å². The molecule has 0 bridgehead atoms. The highest BCUT2D eigenvalue weighted by atomic mass is 15.1. The molecule has 0 saturated heterocycles. The smallest absolute Gasteiger partial charge is 0.0547 e. The van der Waals surface area contributed by atoms with Crippen molar-refractivity contribution in [2.24, 2.45) is 0 Å². The van der Waals surface area contributed by atoms with E-state index in [2.05, 4.69) is 264 Å². The molecule has 0 aliphatic carbocycles. The molecule has 0 atom stereocenters. The molecule has 0 fully saturated rings. The van der Waals surface area contributed by atoms with Gasteiger partial charge in [0.05, 0.1) is 16.7 Å². The second-order valence-corrected chi connectivity index (χ2v) is 16.5. The van der Waals surface area contributed by atoms with Gasteiger partial charge in [-0.2, -0.15) is 0 Å². The van der Waals surface area contributed by atoms with Crippen LogP contribution in [-0.4, -0.2) is 4.57 Å². The molecule has 0 radical (unpaired) electrons. The number of hydrogen-bond acceptors (Lipinski definition) is 1. The lowest BCUT2D eigenvalue weighted by Crippen LogP contribution is -2.10. The van der Waals surface area contributed by atoms with Gasteiger partial charge < -0.3 is 9.47 Å². The molecule has 0 unspecified atom stereocenters. The number of fused-ring (bicyclic) bond motifs is 5. The first kappa shape index (κ1) is 37.3. The Labute approximate surface area is 373 Å². The van der Waals surface area contributed by atoms with Gasteiger partial charge in [0.15, 0.2) is 0 Å². The number of para-hydroxylation sites is 2. The molecule has 12 rings (SSSR count). The number of hydrogen-bond donors (Lipinski definition) is 0. The van der Waals surface area contributed by atoms with Crippen LogP contribution in [0.5, 0.6) is 0 Å². The largest absolute Gasteiger partial charge is 0.311 e. The number of aromatic nitrogens is 1. The van der Waals surface area contributed by atoms with Crippen molar-refractivity contribution in [1.29, 1.82) is 0 Å². The molecule has 0 amide bonds. The highest BCUT2D eigenvalue weighted by Crippen LogP contribution is 2.43. The molecule has 0 aliphatic rings. The minimum absolute atomic E-state index is 1.08. The standard InChI is InChI=1S/C62H42N2/c1-2-15-45(16-3-1)57-27-14-30-61-62(57)58-24-9-11-29-60(58)64(61)59-28-10-8-23-56(59)48-35-41-51(42-36-48)63(49-37-31-46(32-38-49)54-25-12-19-43-17-4-6-21-52(43)54)50-39-33-47(34-40-50)55-26-13-20-44-18-5-7-22-53(44)55/h1-42H. The van der Waals surface area contributed by atoms with Gasteiger partial charge in [-0.05, 0) is 115 Å². The summed E-state index contributed by atoms with van der Waals surface area (Å²) in [4.78, 5) is 2.37. The van der Waals surface area contributed by atoms with Gasteiger partial charge in [-0.25, -0.2) is 0 Å². The van der Waals surface area contributed by atoms with Crippen molar-refractivity contribution in [1.82, 2.24) is 4.57 Å². The maximum absolute atomic E-state index is 2.45. The van der Waals surface area contributed by atoms with Gasteiger partial charge in [-0.15, -0.1) is 0 Å². The second kappa shape index (κ2) is 15.8. The average Bonchev–Trinajstić information content (AvgIpc) is 3.71. The Hall–Kier alpha value is -8.46. The third-order valence-electron chi connectivity index (χ3n) is 12.8. The predicted octanol–water partition coefficient (Wildman–Crippen LogP) is 17.2. The Morgan fingerprint density at radius 2 is 0.641 bits per heavy atom. The van der Waals surface area contributed by atoms with Crippen molar-refractivity contribution < 1.29 is 0 Å². The van der Waals surface area contributed by atoms with Crippen LogP contribution >= 0.6 is 0 Å². The first-order valence-corrected chi connectivity index (χ1v) is 22.0. The highest BCUT2D eigenvalue weighted by molar-refractivity contribution is 6.16. The number of nitrogens with zero attached hydrogens (tertiary/aromatic N) is 2. The molecule has 1 aromatic heterocycles. The predicted molar refractivity (Wildman–Crippen MR) is 272 cm³/mol. The van der Waals surface area contributed by atoms with E-state index in [-0.39, 0.29) is 0 Å². The molecule has 0 spiro atoms. The SMILES string of the molecule is c1ccc(-c2cccc3c2c2ccccc2n3-c2ccccc2-c2ccc(N(c3ccc(-c4cccc5ccccc45)cc3)c3ccc(-c4cccc5ccccc45)cc3)cc2)cc1. The van der Waals surface area contributed by atoms with E-state index < -0.39 is 0 Å². The van der Waals surface area contributed by atoms with Gasteiger partial charge in [0.2, 0.25) is 0 Å². The fourth-order valence-electron chi connectivity index (χ4n) is 9.82. The molecule has 300 valence electrons. The first-order valence-electron chi connectivity index (χ1n) is 22.0. The quantitative estimate of drug-likeness (QED) is 0.148. The monoisotopic (exact) mass is 814 g/mol. The molecule has 11 aromatic carbocycles. The summed E-state index contributed by atoms with van der Waals surface area (Å²) in [7, 11) is 0. The van der Waals surface area contributed by atoms with Gasteiger partial charge in [0, 0.05) is 33.4 Å². The lowest BCUT2D eigenvalue weighted by atomic mass is 9.97. The zero-order valence-electron chi connectivity index (χ0n) is 35.1. The van der Waals surface area contributed by atoms with Crippen molar-refractivity contribution in [2.75, 3.05) is 4.90 Å². The summed E-state index contributed by atoms with van der Waals surface area (Å²) >= 11 is 0. The molecule has 1 heterocycles. The van der Waals surface area contributed by atoms with E-state index in [9.17, 15) is 0 Å². The lowest BCUT2D eigenvalue weighted by Gasteiger charge is -2.26. The van der Waals surface area contributed by atoms with E-state index >= 15 is 0 Å². The van der Waals surface area contributed by atoms with Crippen LogP contribution in [0.25, 0.3) is 93.5 Å². The maximum atomic E-state index is 2.45. The van der Waals surface area contributed by atoms with Gasteiger partial charge >= 0.3 is 0 Å². The zero-order chi connectivity index (χ0) is 42.4. The summed E-state index contributed by atoms with van der Waals surface area (Å²) in [5.41, 5.74) is 16.4. The van der Waals surface area contributed by atoms with E-state index in [0.717, 1.165) is 28.3 Å². The van der Waals surface area contributed by atoms with Crippen LogP contribution in [0.2, 0.25) is 0 Å². The van der Waals surface area contributed by atoms with Crippen molar-refractivity contribution in [2.45, 2.75) is 0 Å². The average molecular weight is 815 g/mol. The van der Waals surface area contributed by atoms with E-state index in [4.69, 9.17) is 0 Å². The minimum Gasteiger partial charge on any atom is -0.311 e. The Morgan fingerprint density at radius 3 is 1.23 bits per heavy atom. The van der Waals surface area contributed by atoms with Crippen molar-refractivity contribution in [3.8, 4) is 50.2 Å². The molecule has 0 N–H and O–H groups in total. The van der Waals surface area contributed by atoms with E-state index in [1.807, 2.05) is 0 Å². The molecule has 12 aromatic rings. The Morgan fingerprint density at radius 1 is 0.250 bits per heavy atom. The van der Waals surface area contributed by atoms with E-state index in [1.165, 1.54) is 82.3 Å². The summed E-state index contributed by atoms with van der Waals surface area (Å²) in [6.07, 6.45) is 0. The van der Waals surface area contributed by atoms with E-state index in [0.29, 0.717) is 0 Å². The molecule has 0 saturated carbocycles. The Bertz CT molecular complexity index is 3500. The first-order chi connectivity index (χ1) is 31.8. The fraction of sp³-hybridized carbons (Fsp3) is 0. The van der Waals surface area contributed by atoms with Crippen LogP contribution in [0.1, 0.15) is 0 Å². The Balaban J connectivity index is 0.963. The number of anilines is 3. The molecular formula is C62H42N2. The van der Waals surface area contributed by atoms with Gasteiger partial charge in [-0.3, -0.25) is 0 Å². The van der Waals surface area contributed by atoms with Gasteiger partial charge in [-0.1, -0.05) is 200 Å². The van der Waals surface area contributed by atoms with Crippen LogP contribution in [0.15, 0.2) is 255 Å². The van der Waals surface area contributed by atoms with Crippen molar-refractivity contribution in [3.63, 3.8) is 0 Å². The van der Waals surface area contributed by atoms with E-state index in [1.54, 1.807) is 0 Å². The third-order valence-corrected chi connectivity index (χ3v) is 12.8. The van der Waals surface area contributed by atoms with Gasteiger partial charge in [0.1, 0.15) is 0 Å². The van der Waals surface area contributed by atoms with Crippen LogP contribution in [0, 0.1) is 0 Å². The molecule has 64 heavy (non-hydrogen) atoms. The van der Waals surface area contributed by atoms with Crippen molar-refractivity contribution in [3.05, 3.63) is 255 Å². The summed E-state index contributed by atoms with van der Waals surface area (Å²) in [5.74, 6) is 0. The van der Waals surface area contributed by atoms with Crippen molar-refractivity contribution >= 4 is 60.4 Å². The number of benzene rings is 11. The summed E-state index contributed by atoms with van der Waals surface area (Å²) in [6.45, 7) is 0. The van der Waals surface area contributed by atoms with Crippen LogP contribution in [0.4, 0.5) is 17.1 Å².